The van der Waals surface area contributed by atoms with Crippen LogP contribution < -0.4 is 10.6 Å². The highest BCUT2D eigenvalue weighted by molar-refractivity contribution is 5.84. The molecule has 6 rings (SSSR count). The first-order chi connectivity index (χ1) is 26.0. The first-order valence-electron chi connectivity index (χ1n) is 17.8. The van der Waals surface area contributed by atoms with E-state index in [1.807, 2.05) is 61.7 Å². The third-order valence-electron chi connectivity index (χ3n) is 9.37. The fourth-order valence-corrected chi connectivity index (χ4v) is 6.56. The Morgan fingerprint density at radius 3 is 1.71 bits per heavy atom. The number of likely N-dealkylation sites (tertiary alicyclic amines) is 1. The van der Waals surface area contributed by atoms with Crippen molar-refractivity contribution in [1.29, 1.82) is 0 Å². The van der Waals surface area contributed by atoms with Crippen molar-refractivity contribution in [2.24, 2.45) is 0 Å². The average molecular weight is 765 g/mol. The molecule has 15 heteroatoms. The lowest BCUT2D eigenvalue weighted by Gasteiger charge is -2.27. The minimum atomic E-state index is -0.779. The number of benzene rings is 2. The van der Waals surface area contributed by atoms with Crippen LogP contribution in [0.1, 0.15) is 42.5 Å². The van der Waals surface area contributed by atoms with Crippen molar-refractivity contribution >= 4 is 30.2 Å². The molecule has 0 spiro atoms. The summed E-state index contributed by atoms with van der Waals surface area (Å²) in [5, 5.41) is 5.90. The SMILES string of the molecule is C.C=CCN(C)C(=O)N1CC(OC(=O)N2Cc3ccccc3C2)C[C@H]1C(=O)OC.C=CCNC.COC(=O)C1C[C@@H](OC(=O)N2Cc3ccccc3C2)CN1. The molecule has 0 aromatic heterocycles. The quantitative estimate of drug-likeness (QED) is 0.227. The second-order valence-corrected chi connectivity index (χ2v) is 13.2. The number of hydrogen-bond donors (Lipinski definition) is 2. The molecule has 2 saturated heterocycles. The van der Waals surface area contributed by atoms with Gasteiger partial charge in [-0.3, -0.25) is 14.6 Å². The number of rotatable bonds is 8. The summed E-state index contributed by atoms with van der Waals surface area (Å²) in [6, 6.07) is 14.3. The number of hydrogen-bond acceptors (Lipinski definition) is 11. The summed E-state index contributed by atoms with van der Waals surface area (Å²) in [6.45, 7) is 11.1. The minimum Gasteiger partial charge on any atom is -0.468 e. The van der Waals surface area contributed by atoms with Gasteiger partial charge in [0.25, 0.3) is 0 Å². The highest BCUT2D eigenvalue weighted by atomic mass is 16.6. The Bertz CT molecular complexity index is 1600. The highest BCUT2D eigenvalue weighted by Crippen LogP contribution is 2.27. The molecule has 300 valence electrons. The number of urea groups is 1. The molecule has 2 fully saturated rings. The number of amides is 4. The van der Waals surface area contributed by atoms with Gasteiger partial charge in [0, 0.05) is 65.7 Å². The molecule has 4 amide bonds. The van der Waals surface area contributed by atoms with Gasteiger partial charge in [0.1, 0.15) is 24.3 Å². The molecule has 2 aromatic carbocycles. The summed E-state index contributed by atoms with van der Waals surface area (Å²) in [6.07, 6.45) is 2.46. The Hall–Kier alpha value is -5.41. The maximum atomic E-state index is 12.6. The molecular formula is C40H56N6O9. The first kappa shape index (κ1) is 44.0. The van der Waals surface area contributed by atoms with E-state index in [2.05, 4.69) is 28.5 Å². The molecule has 2 unspecified atom stereocenters. The van der Waals surface area contributed by atoms with E-state index < -0.39 is 24.2 Å². The Labute approximate surface area is 324 Å². The predicted molar refractivity (Wildman–Crippen MR) is 207 cm³/mol. The molecule has 55 heavy (non-hydrogen) atoms. The van der Waals surface area contributed by atoms with Crippen LogP contribution in [0.3, 0.4) is 0 Å². The summed E-state index contributed by atoms with van der Waals surface area (Å²) >= 11 is 0. The van der Waals surface area contributed by atoms with E-state index in [9.17, 15) is 24.0 Å². The largest absolute Gasteiger partial charge is 0.468 e. The maximum Gasteiger partial charge on any atom is 0.410 e. The van der Waals surface area contributed by atoms with E-state index in [0.717, 1.165) is 28.8 Å². The number of esters is 2. The van der Waals surface area contributed by atoms with Crippen molar-refractivity contribution in [2.75, 3.05) is 54.5 Å². The summed E-state index contributed by atoms with van der Waals surface area (Å²) in [5.74, 6) is -0.838. The topological polar surface area (TPSA) is 159 Å². The normalized spacial score (nSPS) is 20.2. The first-order valence-corrected chi connectivity index (χ1v) is 17.8. The number of nitrogens with zero attached hydrogens (tertiary/aromatic N) is 4. The number of fused-ring (bicyclic) bond motifs is 2. The van der Waals surface area contributed by atoms with Crippen LogP contribution in [0.25, 0.3) is 0 Å². The smallest absolute Gasteiger partial charge is 0.410 e. The lowest BCUT2D eigenvalue weighted by Crippen LogP contribution is -2.47. The third kappa shape index (κ3) is 11.8. The standard InChI is InChI=1S/C20H25N3O5.C15H18N2O4.C4H9N.CH4/c1-4-9-21(2)19(25)23-13-16(10-17(23)18(24)27-3)28-20(26)22-11-14-7-5-6-8-15(14)12-22;1-20-14(18)13-6-12(7-16-13)21-15(19)17-8-10-4-2-3-5-11(10)9-17;1-3-4-5-2;/h4-8,16-17H,1,9-13H2,2-3H3;2-5,12-13,16H,6-9H2,1H3;3,5H,1,4H2,2H3;1H4/t16?,17-;12-,13?;;/m01../s1. The number of methoxy groups -OCH3 is 2. The van der Waals surface area contributed by atoms with Crippen LogP contribution in [0.4, 0.5) is 14.4 Å². The second kappa shape index (κ2) is 21.5. The van der Waals surface area contributed by atoms with Gasteiger partial charge in [0.05, 0.1) is 20.8 Å². The van der Waals surface area contributed by atoms with Crippen molar-refractivity contribution in [2.45, 2.75) is 70.7 Å². The van der Waals surface area contributed by atoms with Gasteiger partial charge in [-0.1, -0.05) is 68.1 Å². The lowest BCUT2D eigenvalue weighted by molar-refractivity contribution is -0.145. The molecule has 0 bridgehead atoms. The zero-order valence-corrected chi connectivity index (χ0v) is 31.5. The molecule has 2 aromatic rings. The van der Waals surface area contributed by atoms with Crippen molar-refractivity contribution in [1.82, 2.24) is 30.2 Å². The number of ether oxygens (including phenoxy) is 4. The Balaban J connectivity index is 0.000000266. The van der Waals surface area contributed by atoms with Crippen molar-refractivity contribution in [3.05, 3.63) is 96.1 Å². The van der Waals surface area contributed by atoms with Crippen molar-refractivity contribution < 1.29 is 42.9 Å². The number of carbonyl (C=O) groups excluding carboxylic acids is 5. The van der Waals surface area contributed by atoms with Crippen LogP contribution in [0, 0.1) is 0 Å². The van der Waals surface area contributed by atoms with Gasteiger partial charge in [-0.05, 0) is 29.3 Å². The van der Waals surface area contributed by atoms with Crippen molar-refractivity contribution in [3.8, 4) is 0 Å². The summed E-state index contributed by atoms with van der Waals surface area (Å²) < 4.78 is 20.6. The van der Waals surface area contributed by atoms with Crippen molar-refractivity contribution in [3.63, 3.8) is 0 Å². The molecule has 4 atom stereocenters. The molecule has 15 nitrogen and oxygen atoms in total. The molecule has 0 saturated carbocycles. The van der Waals surface area contributed by atoms with E-state index in [1.165, 1.54) is 24.0 Å². The predicted octanol–water partition coefficient (Wildman–Crippen LogP) is 4.06. The Morgan fingerprint density at radius 2 is 1.29 bits per heavy atom. The summed E-state index contributed by atoms with van der Waals surface area (Å²) in [4.78, 5) is 67.1. The van der Waals surface area contributed by atoms with Gasteiger partial charge < -0.3 is 39.4 Å². The fourth-order valence-electron chi connectivity index (χ4n) is 6.56. The van der Waals surface area contributed by atoms with E-state index in [1.54, 1.807) is 22.9 Å². The van der Waals surface area contributed by atoms with Gasteiger partial charge in [-0.2, -0.15) is 0 Å². The average Bonchev–Trinajstić information content (AvgIpc) is 4.00. The highest BCUT2D eigenvalue weighted by Gasteiger charge is 2.43. The molecule has 0 aliphatic carbocycles. The van der Waals surface area contributed by atoms with Crippen LogP contribution >= 0.6 is 0 Å². The van der Waals surface area contributed by atoms with E-state index >= 15 is 0 Å². The number of nitrogens with one attached hydrogen (secondary N) is 2. The van der Waals surface area contributed by atoms with Crippen LogP contribution in [0.5, 0.6) is 0 Å². The van der Waals surface area contributed by atoms with Gasteiger partial charge in [-0.25, -0.2) is 19.2 Å². The van der Waals surface area contributed by atoms with E-state index in [-0.39, 0.29) is 50.6 Å². The van der Waals surface area contributed by atoms with Gasteiger partial charge in [0.15, 0.2) is 0 Å². The van der Waals surface area contributed by atoms with E-state index in [4.69, 9.17) is 14.2 Å². The fraction of sp³-hybridized carbons (Fsp3) is 0.475. The zero-order valence-electron chi connectivity index (χ0n) is 31.5. The molecule has 0 radical (unpaired) electrons. The van der Waals surface area contributed by atoms with E-state index in [0.29, 0.717) is 45.7 Å². The second-order valence-electron chi connectivity index (χ2n) is 13.2. The lowest BCUT2D eigenvalue weighted by atomic mass is 10.1. The summed E-state index contributed by atoms with van der Waals surface area (Å²) in [5.41, 5.74) is 4.51. The monoisotopic (exact) mass is 764 g/mol. The minimum absolute atomic E-state index is 0. The Morgan fingerprint density at radius 1 is 0.800 bits per heavy atom. The van der Waals surface area contributed by atoms with Gasteiger partial charge in [0.2, 0.25) is 0 Å². The summed E-state index contributed by atoms with van der Waals surface area (Å²) in [7, 11) is 6.14. The van der Waals surface area contributed by atoms with Crippen LogP contribution in [0.2, 0.25) is 0 Å². The van der Waals surface area contributed by atoms with Gasteiger partial charge >= 0.3 is 30.2 Å². The molecular weight excluding hydrogens is 708 g/mol. The molecule has 4 aliphatic rings. The third-order valence-corrected chi connectivity index (χ3v) is 9.37. The van der Waals surface area contributed by atoms with Crippen LogP contribution in [-0.4, -0.2) is 129 Å². The number of likely N-dealkylation sites (N-methyl/N-ethyl adjacent to an activating group) is 2. The Kier molecular flexibility index (Phi) is 17.2. The van der Waals surface area contributed by atoms with Crippen LogP contribution in [0.15, 0.2) is 73.8 Å². The zero-order chi connectivity index (χ0) is 39.2. The molecule has 4 aliphatic heterocycles. The molecule has 2 N–H and O–H groups in total. The maximum absolute atomic E-state index is 12.6. The molecule has 4 heterocycles. The van der Waals surface area contributed by atoms with Crippen LogP contribution in [-0.2, 0) is 54.7 Å². The van der Waals surface area contributed by atoms with Gasteiger partial charge in [-0.15, -0.1) is 13.2 Å². The number of carbonyl (C=O) groups is 5.